The number of pyridine rings is 1. The second kappa shape index (κ2) is 4.97. The minimum atomic E-state index is -1.01. The van der Waals surface area contributed by atoms with Crippen LogP contribution in [0.5, 0.6) is 0 Å². The average molecular weight is 286 g/mol. The van der Waals surface area contributed by atoms with Crippen LogP contribution >= 0.6 is 0 Å². The number of aliphatic carboxylic acids is 1. The molecule has 21 heavy (non-hydrogen) atoms. The highest BCUT2D eigenvalue weighted by molar-refractivity contribution is 6.08. The lowest BCUT2D eigenvalue weighted by Gasteiger charge is -2.17. The summed E-state index contributed by atoms with van der Waals surface area (Å²) in [4.78, 5) is 28.5. The molecule has 1 aromatic carbocycles. The summed E-state index contributed by atoms with van der Waals surface area (Å²) in [5, 5.41) is 9.26. The van der Waals surface area contributed by atoms with Crippen LogP contribution in [0.2, 0.25) is 0 Å². The first-order valence-electron chi connectivity index (χ1n) is 6.33. The zero-order valence-electron chi connectivity index (χ0n) is 10.9. The van der Waals surface area contributed by atoms with Crippen LogP contribution in [-0.2, 0) is 4.79 Å². The molecule has 1 aromatic heterocycles. The van der Waals surface area contributed by atoms with E-state index in [9.17, 15) is 19.1 Å². The summed E-state index contributed by atoms with van der Waals surface area (Å²) in [5.41, 5.74) is 0.888. The SMILES string of the molecule is O=C(O)C1CN(C(=O)c2cccnc2F)c2ccccc21. The molecule has 0 aliphatic carbocycles. The van der Waals surface area contributed by atoms with Gasteiger partial charge in [-0.15, -0.1) is 0 Å². The van der Waals surface area contributed by atoms with Crippen LogP contribution in [0.25, 0.3) is 0 Å². The molecule has 1 N–H and O–H groups in total. The van der Waals surface area contributed by atoms with Gasteiger partial charge in [-0.2, -0.15) is 4.39 Å². The third-order valence-electron chi connectivity index (χ3n) is 3.50. The highest BCUT2D eigenvalue weighted by atomic mass is 19.1. The number of aromatic nitrogens is 1. The Hall–Kier alpha value is -2.76. The lowest BCUT2D eigenvalue weighted by Crippen LogP contribution is -2.32. The summed E-state index contributed by atoms with van der Waals surface area (Å²) in [5.74, 6) is -3.26. The van der Waals surface area contributed by atoms with Crippen molar-refractivity contribution in [2.24, 2.45) is 0 Å². The van der Waals surface area contributed by atoms with Crippen molar-refractivity contribution in [2.75, 3.05) is 11.4 Å². The van der Waals surface area contributed by atoms with Crippen molar-refractivity contribution in [1.82, 2.24) is 4.98 Å². The minimum Gasteiger partial charge on any atom is -0.481 e. The first-order valence-corrected chi connectivity index (χ1v) is 6.33. The average Bonchev–Trinajstić information content (AvgIpc) is 2.87. The lowest BCUT2D eigenvalue weighted by molar-refractivity contribution is -0.138. The third-order valence-corrected chi connectivity index (χ3v) is 3.50. The maximum Gasteiger partial charge on any atom is 0.312 e. The van der Waals surface area contributed by atoms with Gasteiger partial charge in [-0.1, -0.05) is 18.2 Å². The molecule has 2 heterocycles. The first-order chi connectivity index (χ1) is 10.1. The number of halogens is 1. The lowest BCUT2D eigenvalue weighted by atomic mass is 10.0. The Morgan fingerprint density at radius 2 is 2.00 bits per heavy atom. The molecule has 1 unspecified atom stereocenters. The molecule has 5 nitrogen and oxygen atoms in total. The molecule has 1 aliphatic rings. The number of anilines is 1. The van der Waals surface area contributed by atoms with E-state index in [0.717, 1.165) is 0 Å². The van der Waals surface area contributed by atoms with Gasteiger partial charge in [-0.3, -0.25) is 9.59 Å². The molecule has 0 fully saturated rings. The summed E-state index contributed by atoms with van der Waals surface area (Å²) in [6, 6.07) is 9.55. The molecule has 1 amide bonds. The number of benzene rings is 1. The molecule has 1 atom stereocenters. The third kappa shape index (κ3) is 2.14. The van der Waals surface area contributed by atoms with Crippen molar-refractivity contribution < 1.29 is 19.1 Å². The molecule has 0 bridgehead atoms. The normalized spacial score (nSPS) is 16.6. The van der Waals surface area contributed by atoms with Gasteiger partial charge >= 0.3 is 5.97 Å². The summed E-state index contributed by atoms with van der Waals surface area (Å²) >= 11 is 0. The Labute approximate surface area is 119 Å². The van der Waals surface area contributed by atoms with Gasteiger partial charge in [-0.25, -0.2) is 4.98 Å². The zero-order chi connectivity index (χ0) is 15.0. The largest absolute Gasteiger partial charge is 0.481 e. The van der Waals surface area contributed by atoms with Crippen LogP contribution in [0.3, 0.4) is 0 Å². The molecule has 6 heteroatoms. The summed E-state index contributed by atoms with van der Waals surface area (Å²) in [6.07, 6.45) is 1.25. The van der Waals surface area contributed by atoms with Gasteiger partial charge in [0.2, 0.25) is 5.95 Å². The van der Waals surface area contributed by atoms with E-state index < -0.39 is 23.7 Å². The van der Waals surface area contributed by atoms with E-state index in [4.69, 9.17) is 0 Å². The number of carboxylic acids is 1. The fourth-order valence-corrected chi connectivity index (χ4v) is 2.50. The van der Waals surface area contributed by atoms with Gasteiger partial charge in [0.15, 0.2) is 0 Å². The van der Waals surface area contributed by atoms with Crippen molar-refractivity contribution in [3.63, 3.8) is 0 Å². The van der Waals surface area contributed by atoms with Crippen molar-refractivity contribution in [1.29, 1.82) is 0 Å². The highest BCUT2D eigenvalue weighted by Gasteiger charge is 2.37. The maximum atomic E-state index is 13.7. The maximum absolute atomic E-state index is 13.7. The van der Waals surface area contributed by atoms with Gasteiger partial charge < -0.3 is 10.0 Å². The molecular weight excluding hydrogens is 275 g/mol. The molecule has 106 valence electrons. The summed E-state index contributed by atoms with van der Waals surface area (Å²) in [6.45, 7) is -0.0121. The number of carboxylic acid groups (broad SMARTS) is 1. The number of rotatable bonds is 2. The Bertz CT molecular complexity index is 732. The minimum absolute atomic E-state index is 0.0121. The first kappa shape index (κ1) is 13.2. The topological polar surface area (TPSA) is 70.5 Å². The quantitative estimate of drug-likeness (QED) is 0.858. The monoisotopic (exact) mass is 286 g/mol. The van der Waals surface area contributed by atoms with Crippen LogP contribution in [-0.4, -0.2) is 28.5 Å². The summed E-state index contributed by atoms with van der Waals surface area (Å²) < 4.78 is 13.7. The Balaban J connectivity index is 2.03. The predicted molar refractivity (Wildman–Crippen MR) is 72.7 cm³/mol. The zero-order valence-corrected chi connectivity index (χ0v) is 10.9. The van der Waals surface area contributed by atoms with Crippen LogP contribution in [0.15, 0.2) is 42.6 Å². The van der Waals surface area contributed by atoms with Crippen LogP contribution in [0, 0.1) is 5.95 Å². The molecular formula is C15H11FN2O3. The van der Waals surface area contributed by atoms with Gasteiger partial charge in [0.1, 0.15) is 5.92 Å². The van der Waals surface area contributed by atoms with Gasteiger partial charge in [0, 0.05) is 18.4 Å². The number of carbonyl (C=O) groups is 2. The second-order valence-electron chi connectivity index (χ2n) is 4.71. The van der Waals surface area contributed by atoms with Gasteiger partial charge in [0.05, 0.1) is 5.56 Å². The Morgan fingerprint density at radius 3 is 2.71 bits per heavy atom. The van der Waals surface area contributed by atoms with Crippen LogP contribution in [0.4, 0.5) is 10.1 Å². The second-order valence-corrected chi connectivity index (χ2v) is 4.71. The summed E-state index contributed by atoms with van der Waals surface area (Å²) in [7, 11) is 0. The highest BCUT2D eigenvalue weighted by Crippen LogP contribution is 2.37. The molecule has 2 aromatic rings. The number of nitrogens with zero attached hydrogens (tertiary/aromatic N) is 2. The van der Waals surface area contributed by atoms with E-state index in [1.54, 1.807) is 24.3 Å². The standard InChI is InChI=1S/C15H11FN2O3/c16-13-10(5-3-7-17-13)14(19)18-8-11(15(20)21)9-4-1-2-6-12(9)18/h1-7,11H,8H2,(H,20,21). The van der Waals surface area contributed by atoms with Crippen molar-refractivity contribution in [3.8, 4) is 0 Å². The number of hydrogen-bond acceptors (Lipinski definition) is 3. The molecule has 1 aliphatic heterocycles. The molecule has 0 saturated heterocycles. The number of fused-ring (bicyclic) bond motifs is 1. The van der Waals surface area contributed by atoms with E-state index >= 15 is 0 Å². The molecule has 3 rings (SSSR count). The molecule has 0 radical (unpaired) electrons. The van der Waals surface area contributed by atoms with Crippen molar-refractivity contribution in [2.45, 2.75) is 5.92 Å². The molecule has 0 saturated carbocycles. The number of carbonyl (C=O) groups excluding carboxylic acids is 1. The van der Waals surface area contributed by atoms with Crippen LogP contribution < -0.4 is 4.90 Å². The van der Waals surface area contributed by atoms with E-state index in [1.807, 2.05) is 0 Å². The molecule has 0 spiro atoms. The number of para-hydroxylation sites is 1. The van der Waals surface area contributed by atoms with Gasteiger partial charge in [0.25, 0.3) is 5.91 Å². The fourth-order valence-electron chi connectivity index (χ4n) is 2.50. The Morgan fingerprint density at radius 1 is 1.24 bits per heavy atom. The van der Waals surface area contributed by atoms with Crippen molar-refractivity contribution >= 4 is 17.6 Å². The number of hydrogen-bond donors (Lipinski definition) is 1. The van der Waals surface area contributed by atoms with E-state index in [-0.39, 0.29) is 12.1 Å². The fraction of sp³-hybridized carbons (Fsp3) is 0.133. The van der Waals surface area contributed by atoms with E-state index in [2.05, 4.69) is 4.98 Å². The smallest absolute Gasteiger partial charge is 0.312 e. The Kier molecular flexibility index (Phi) is 3.13. The number of amides is 1. The van der Waals surface area contributed by atoms with E-state index in [0.29, 0.717) is 11.3 Å². The van der Waals surface area contributed by atoms with E-state index in [1.165, 1.54) is 23.2 Å². The van der Waals surface area contributed by atoms with Crippen LogP contribution in [0.1, 0.15) is 21.8 Å². The van der Waals surface area contributed by atoms with Gasteiger partial charge in [-0.05, 0) is 23.8 Å². The van der Waals surface area contributed by atoms with Crippen molar-refractivity contribution in [3.05, 3.63) is 59.7 Å². The predicted octanol–water partition coefficient (Wildman–Crippen LogP) is 2.05.